The fourth-order valence-electron chi connectivity index (χ4n) is 3.21. The summed E-state index contributed by atoms with van der Waals surface area (Å²) in [4.78, 5) is 54.0. The highest BCUT2D eigenvalue weighted by molar-refractivity contribution is 7.98. The lowest BCUT2D eigenvalue weighted by molar-refractivity contribution is -0.143. The van der Waals surface area contributed by atoms with Crippen LogP contribution in [0.15, 0.2) is 4.99 Å². The summed E-state index contributed by atoms with van der Waals surface area (Å²) in [7, 11) is 0. The summed E-state index contributed by atoms with van der Waals surface area (Å²) >= 11 is 1.51. The van der Waals surface area contributed by atoms with Gasteiger partial charge < -0.3 is 38.3 Å². The first kappa shape index (κ1) is 32.5. The van der Waals surface area contributed by atoms with Crippen LogP contribution in [0.1, 0.15) is 53.4 Å². The predicted octanol–water partition coefficient (Wildman–Crippen LogP) is -0.638. The van der Waals surface area contributed by atoms with Crippen LogP contribution in [0, 0.1) is 11.8 Å². The first-order valence-corrected chi connectivity index (χ1v) is 13.1. The molecular formula is C22H43N7O5S. The molecule has 202 valence electrons. The van der Waals surface area contributed by atoms with Crippen LogP contribution in [0.5, 0.6) is 0 Å². The number of nitrogens with two attached hydrogens (primary N) is 3. The van der Waals surface area contributed by atoms with Crippen molar-refractivity contribution in [2.75, 3.05) is 18.6 Å². The normalized spacial score (nSPS) is 14.5. The number of thioether (sulfide) groups is 1. The van der Waals surface area contributed by atoms with Gasteiger partial charge in [0, 0.05) is 6.54 Å². The van der Waals surface area contributed by atoms with E-state index in [0.717, 1.165) is 0 Å². The molecule has 0 aromatic heterocycles. The van der Waals surface area contributed by atoms with Gasteiger partial charge in [0.05, 0.1) is 6.04 Å². The number of nitrogens with one attached hydrogen (secondary N) is 3. The highest BCUT2D eigenvalue weighted by Gasteiger charge is 2.31. The molecule has 3 amide bonds. The lowest BCUT2D eigenvalue weighted by Gasteiger charge is -2.26. The summed E-state index contributed by atoms with van der Waals surface area (Å²) in [5.74, 6) is -2.49. The molecule has 0 saturated heterocycles. The van der Waals surface area contributed by atoms with E-state index in [1.165, 1.54) is 11.8 Å². The smallest absolute Gasteiger partial charge is 0.326 e. The topological polar surface area (TPSA) is 215 Å². The van der Waals surface area contributed by atoms with E-state index in [1.54, 1.807) is 13.8 Å². The van der Waals surface area contributed by atoms with Gasteiger partial charge in [0.25, 0.3) is 0 Å². The van der Waals surface area contributed by atoms with Gasteiger partial charge in [-0.2, -0.15) is 11.8 Å². The van der Waals surface area contributed by atoms with Gasteiger partial charge in [-0.3, -0.25) is 19.4 Å². The number of carbonyl (C=O) groups is 4. The van der Waals surface area contributed by atoms with Crippen molar-refractivity contribution in [1.29, 1.82) is 0 Å². The Kier molecular flexibility index (Phi) is 15.7. The van der Waals surface area contributed by atoms with Crippen molar-refractivity contribution in [1.82, 2.24) is 16.0 Å². The largest absolute Gasteiger partial charge is 0.480 e. The number of hydrogen-bond donors (Lipinski definition) is 7. The van der Waals surface area contributed by atoms with Crippen molar-refractivity contribution in [3.05, 3.63) is 0 Å². The number of hydrogen-bond acceptors (Lipinski definition) is 7. The zero-order chi connectivity index (χ0) is 27.1. The van der Waals surface area contributed by atoms with E-state index in [0.29, 0.717) is 25.0 Å². The molecular weight excluding hydrogens is 474 g/mol. The lowest BCUT2D eigenvalue weighted by Crippen LogP contribution is -2.57. The molecule has 0 heterocycles. The van der Waals surface area contributed by atoms with E-state index in [4.69, 9.17) is 17.2 Å². The van der Waals surface area contributed by atoms with Crippen LogP contribution in [0.3, 0.4) is 0 Å². The average Bonchev–Trinajstić information content (AvgIpc) is 2.75. The summed E-state index contributed by atoms with van der Waals surface area (Å²) in [6, 6.07) is -3.84. The molecule has 0 bridgehead atoms. The van der Waals surface area contributed by atoms with Gasteiger partial charge in [0.15, 0.2) is 5.96 Å². The van der Waals surface area contributed by atoms with Crippen molar-refractivity contribution in [3.8, 4) is 0 Å². The number of aliphatic carboxylic acids is 1. The molecule has 4 atom stereocenters. The predicted molar refractivity (Wildman–Crippen MR) is 139 cm³/mol. The molecule has 0 fully saturated rings. The summed E-state index contributed by atoms with van der Waals surface area (Å²) in [6.07, 6.45) is 3.19. The minimum Gasteiger partial charge on any atom is -0.480 e. The highest BCUT2D eigenvalue weighted by atomic mass is 32.2. The summed E-state index contributed by atoms with van der Waals surface area (Å²) in [6.45, 7) is 7.45. The fraction of sp³-hybridized carbons (Fsp3) is 0.773. The van der Waals surface area contributed by atoms with E-state index in [9.17, 15) is 24.3 Å². The molecule has 13 heteroatoms. The zero-order valence-corrected chi connectivity index (χ0v) is 22.2. The maximum Gasteiger partial charge on any atom is 0.326 e. The quantitative estimate of drug-likeness (QED) is 0.0740. The zero-order valence-electron chi connectivity index (χ0n) is 21.4. The van der Waals surface area contributed by atoms with E-state index in [-0.39, 0.29) is 30.8 Å². The van der Waals surface area contributed by atoms with Gasteiger partial charge in [-0.1, -0.05) is 27.7 Å². The van der Waals surface area contributed by atoms with Crippen molar-refractivity contribution in [3.63, 3.8) is 0 Å². The minimum atomic E-state index is -1.18. The molecule has 0 rings (SSSR count). The molecule has 10 N–H and O–H groups in total. The number of carbonyl (C=O) groups excluding carboxylic acids is 3. The monoisotopic (exact) mass is 517 g/mol. The molecule has 0 aliphatic rings. The van der Waals surface area contributed by atoms with Crippen LogP contribution >= 0.6 is 11.8 Å². The fourth-order valence-corrected chi connectivity index (χ4v) is 3.68. The minimum absolute atomic E-state index is 0.0987. The summed E-state index contributed by atoms with van der Waals surface area (Å²) < 4.78 is 0. The Morgan fingerprint density at radius 1 is 0.914 bits per heavy atom. The first-order chi connectivity index (χ1) is 16.3. The molecule has 0 radical (unpaired) electrons. The molecule has 4 unspecified atom stereocenters. The van der Waals surface area contributed by atoms with Gasteiger partial charge >= 0.3 is 5.97 Å². The molecule has 0 aliphatic carbocycles. The van der Waals surface area contributed by atoms with Gasteiger partial charge in [-0.25, -0.2) is 4.79 Å². The van der Waals surface area contributed by atoms with Gasteiger partial charge in [0.2, 0.25) is 17.7 Å². The number of aliphatic imine (C=N–C) groups is 1. The molecule has 12 nitrogen and oxygen atoms in total. The van der Waals surface area contributed by atoms with E-state index in [2.05, 4.69) is 20.9 Å². The van der Waals surface area contributed by atoms with Crippen LogP contribution in [0.2, 0.25) is 0 Å². The average molecular weight is 518 g/mol. The Morgan fingerprint density at radius 2 is 1.46 bits per heavy atom. The molecule has 0 spiro atoms. The van der Waals surface area contributed by atoms with Crippen LogP contribution < -0.4 is 33.2 Å². The van der Waals surface area contributed by atoms with E-state index < -0.39 is 47.9 Å². The Bertz CT molecular complexity index is 729. The van der Waals surface area contributed by atoms with Crippen LogP contribution in [0.25, 0.3) is 0 Å². The first-order valence-electron chi connectivity index (χ1n) is 11.7. The SMILES string of the molecule is CSCCC(NC(=O)C(N)CC(C)C)C(=O)NC(CCCN=C(N)N)C(=O)NC(C(=O)O)C(C)C. The van der Waals surface area contributed by atoms with Crippen molar-refractivity contribution in [2.45, 2.75) is 77.5 Å². The maximum absolute atomic E-state index is 13.1. The van der Waals surface area contributed by atoms with Gasteiger partial charge in [-0.15, -0.1) is 0 Å². The number of rotatable bonds is 17. The van der Waals surface area contributed by atoms with Crippen LogP contribution in [-0.2, 0) is 19.2 Å². The Labute approximate surface area is 212 Å². The molecule has 0 aromatic rings. The Balaban J connectivity index is 5.57. The maximum atomic E-state index is 13.1. The van der Waals surface area contributed by atoms with E-state index in [1.807, 2.05) is 20.1 Å². The molecule has 0 saturated carbocycles. The van der Waals surface area contributed by atoms with Crippen LogP contribution in [0.4, 0.5) is 0 Å². The Morgan fingerprint density at radius 3 is 1.94 bits per heavy atom. The van der Waals surface area contributed by atoms with Gasteiger partial charge in [-0.05, 0) is 49.5 Å². The second kappa shape index (κ2) is 17.0. The molecule has 0 aliphatic heterocycles. The number of carboxylic acids is 1. The Hall–Kier alpha value is -2.54. The third-order valence-electron chi connectivity index (χ3n) is 5.11. The van der Waals surface area contributed by atoms with Crippen molar-refractivity contribution < 1.29 is 24.3 Å². The van der Waals surface area contributed by atoms with Gasteiger partial charge in [0.1, 0.15) is 18.1 Å². The second-order valence-electron chi connectivity index (χ2n) is 9.16. The number of carboxylic acid groups (broad SMARTS) is 1. The number of nitrogens with zero attached hydrogens (tertiary/aromatic N) is 1. The second-order valence-corrected chi connectivity index (χ2v) is 10.1. The third kappa shape index (κ3) is 13.8. The van der Waals surface area contributed by atoms with E-state index >= 15 is 0 Å². The van der Waals surface area contributed by atoms with Crippen molar-refractivity contribution >= 4 is 41.4 Å². The number of amides is 3. The summed E-state index contributed by atoms with van der Waals surface area (Å²) in [5.41, 5.74) is 16.6. The molecule has 35 heavy (non-hydrogen) atoms. The van der Waals surface area contributed by atoms with Crippen LogP contribution in [-0.4, -0.2) is 77.5 Å². The number of guanidine groups is 1. The standard InChI is InChI=1S/C22H43N7O5S/c1-12(2)11-14(23)18(30)27-16(8-10-35-5)19(31)28-15(7-6-9-26-22(24)25)20(32)29-17(13(3)4)21(33)34/h12-17H,6-11,23H2,1-5H3,(H,27,30)(H,28,31)(H,29,32)(H,33,34)(H4,24,25,26). The third-order valence-corrected chi connectivity index (χ3v) is 5.76. The van der Waals surface area contributed by atoms with Crippen molar-refractivity contribution in [2.24, 2.45) is 34.0 Å². The molecule has 0 aromatic carbocycles. The lowest BCUT2D eigenvalue weighted by atomic mass is 10.0. The highest BCUT2D eigenvalue weighted by Crippen LogP contribution is 2.08. The summed E-state index contributed by atoms with van der Waals surface area (Å²) in [5, 5.41) is 17.3.